The van der Waals surface area contributed by atoms with Crippen LogP contribution in [-0.4, -0.2) is 15.3 Å². The molecule has 21 heavy (non-hydrogen) atoms. The highest BCUT2D eigenvalue weighted by Gasteiger charge is 2.27. The number of thioether (sulfide) groups is 2. The third-order valence-corrected chi connectivity index (χ3v) is 6.43. The van der Waals surface area contributed by atoms with Crippen molar-refractivity contribution in [3.8, 4) is 6.07 Å². The average molecular weight is 334 g/mol. The molecule has 0 saturated carbocycles. The summed E-state index contributed by atoms with van der Waals surface area (Å²) in [6.45, 7) is 2.03. The summed E-state index contributed by atoms with van der Waals surface area (Å²) in [5.41, 5.74) is 2.93. The van der Waals surface area contributed by atoms with E-state index in [0.29, 0.717) is 5.70 Å². The van der Waals surface area contributed by atoms with Crippen LogP contribution >= 0.6 is 35.1 Å². The molecule has 3 rings (SSSR count). The van der Waals surface area contributed by atoms with Crippen molar-refractivity contribution in [2.45, 2.75) is 12.2 Å². The average Bonchev–Trinajstić information content (AvgIpc) is 3.12. The lowest BCUT2D eigenvalue weighted by Crippen LogP contribution is -1.94. The quantitative estimate of drug-likeness (QED) is 0.746. The molecule has 1 aromatic carbocycles. The number of hydrogen-bond donors (Lipinski definition) is 0. The van der Waals surface area contributed by atoms with E-state index in [1.54, 1.807) is 46.8 Å². The maximum atomic E-state index is 9.40. The fraction of sp³-hybridized carbons (Fsp3) is 0.200. The summed E-state index contributed by atoms with van der Waals surface area (Å²) >= 11 is 9.76. The third-order valence-electron chi connectivity index (χ3n) is 3.18. The molecule has 0 bridgehead atoms. The van der Waals surface area contributed by atoms with Crippen LogP contribution in [0.2, 0.25) is 5.02 Å². The molecule has 1 unspecified atom stereocenters. The van der Waals surface area contributed by atoms with Crippen molar-refractivity contribution in [3.05, 3.63) is 57.3 Å². The van der Waals surface area contributed by atoms with Gasteiger partial charge in [-0.2, -0.15) is 5.26 Å². The van der Waals surface area contributed by atoms with E-state index in [1.165, 1.54) is 0 Å². The third kappa shape index (κ3) is 2.98. The van der Waals surface area contributed by atoms with Gasteiger partial charge in [0.25, 0.3) is 0 Å². The number of nitriles is 1. The van der Waals surface area contributed by atoms with Gasteiger partial charge in [0.05, 0.1) is 10.6 Å². The molecule has 1 atom stereocenters. The normalized spacial score (nSPS) is 20.3. The highest BCUT2D eigenvalue weighted by molar-refractivity contribution is 8.25. The maximum absolute atomic E-state index is 9.40. The van der Waals surface area contributed by atoms with Gasteiger partial charge in [-0.1, -0.05) is 23.7 Å². The summed E-state index contributed by atoms with van der Waals surface area (Å²) in [7, 11) is 0. The van der Waals surface area contributed by atoms with Crippen LogP contribution in [-0.2, 0) is 0 Å². The van der Waals surface area contributed by atoms with Crippen LogP contribution in [0.25, 0.3) is 5.70 Å². The van der Waals surface area contributed by atoms with Crippen LogP contribution in [0.15, 0.2) is 41.2 Å². The molecule has 0 amide bonds. The van der Waals surface area contributed by atoms with Crippen LogP contribution in [0.5, 0.6) is 0 Å². The Balaban J connectivity index is 1.90. The number of hydrogen-bond acceptors (Lipinski definition) is 4. The molecule has 0 aliphatic carbocycles. The zero-order valence-electron chi connectivity index (χ0n) is 11.3. The first-order chi connectivity index (χ1) is 10.2. The van der Waals surface area contributed by atoms with Crippen LogP contribution in [0, 0.1) is 18.3 Å². The molecule has 1 aromatic heterocycles. The summed E-state index contributed by atoms with van der Waals surface area (Å²) in [6.07, 6.45) is 5.12. The number of imidazole rings is 1. The monoisotopic (exact) mass is 333 g/mol. The molecule has 2 heterocycles. The van der Waals surface area contributed by atoms with Gasteiger partial charge < -0.3 is 0 Å². The lowest BCUT2D eigenvalue weighted by Gasteiger charge is -2.11. The summed E-state index contributed by atoms with van der Waals surface area (Å²) in [4.78, 5) is 4.00. The number of nitrogens with zero attached hydrogens (tertiary/aromatic N) is 3. The molecule has 0 spiro atoms. The number of aromatic nitrogens is 2. The van der Waals surface area contributed by atoms with Crippen molar-refractivity contribution in [1.29, 1.82) is 5.26 Å². The Hall–Kier alpha value is -1.35. The molecule has 2 aromatic rings. The van der Waals surface area contributed by atoms with E-state index in [-0.39, 0.29) is 5.25 Å². The predicted octanol–water partition coefficient (Wildman–Crippen LogP) is 4.72. The van der Waals surface area contributed by atoms with Gasteiger partial charge in [-0.15, -0.1) is 23.5 Å². The van der Waals surface area contributed by atoms with E-state index in [1.807, 2.05) is 13.0 Å². The van der Waals surface area contributed by atoms with Crippen molar-refractivity contribution in [2.75, 3.05) is 5.75 Å². The first-order valence-electron chi connectivity index (χ1n) is 6.37. The lowest BCUT2D eigenvalue weighted by atomic mass is 10.1. The van der Waals surface area contributed by atoms with Gasteiger partial charge in [0, 0.05) is 28.4 Å². The Morgan fingerprint density at radius 2 is 2.38 bits per heavy atom. The van der Waals surface area contributed by atoms with Crippen LogP contribution in [0.3, 0.4) is 0 Å². The molecule has 1 aliphatic rings. The van der Waals surface area contributed by atoms with Crippen molar-refractivity contribution < 1.29 is 0 Å². The number of benzene rings is 1. The summed E-state index contributed by atoms with van der Waals surface area (Å²) in [6, 6.07) is 8.43. The second-order valence-electron chi connectivity index (χ2n) is 4.66. The number of rotatable bonds is 2. The van der Waals surface area contributed by atoms with E-state index in [2.05, 4.69) is 23.2 Å². The molecule has 1 saturated heterocycles. The molecule has 1 aliphatic heterocycles. The van der Waals surface area contributed by atoms with Crippen LogP contribution in [0.1, 0.15) is 16.4 Å². The fourth-order valence-electron chi connectivity index (χ4n) is 2.12. The topological polar surface area (TPSA) is 41.6 Å². The smallest absolute Gasteiger partial charge is 0.145 e. The maximum Gasteiger partial charge on any atom is 0.145 e. The van der Waals surface area contributed by atoms with Gasteiger partial charge in [0.2, 0.25) is 0 Å². The second-order valence-corrected chi connectivity index (χ2v) is 7.57. The Labute approximate surface area is 137 Å². The van der Waals surface area contributed by atoms with Gasteiger partial charge in [-0.3, -0.25) is 4.57 Å². The Kier molecular flexibility index (Phi) is 4.29. The largest absolute Gasteiger partial charge is 0.296 e. The van der Waals surface area contributed by atoms with E-state index in [0.717, 1.165) is 26.1 Å². The first kappa shape index (κ1) is 14.6. The summed E-state index contributed by atoms with van der Waals surface area (Å²) < 4.78 is 2.78. The first-order valence-corrected chi connectivity index (χ1v) is 8.61. The molecule has 3 nitrogen and oxygen atoms in total. The Bertz CT molecular complexity index is 732. The number of halogens is 1. The minimum absolute atomic E-state index is 0.282. The van der Waals surface area contributed by atoms with Gasteiger partial charge in [0.1, 0.15) is 11.8 Å². The molecule has 1 fully saturated rings. The van der Waals surface area contributed by atoms with Crippen molar-refractivity contribution in [3.63, 3.8) is 0 Å². The van der Waals surface area contributed by atoms with E-state index in [9.17, 15) is 5.26 Å². The molecular weight excluding hydrogens is 322 g/mol. The van der Waals surface area contributed by atoms with E-state index >= 15 is 0 Å². The minimum atomic E-state index is 0.282. The highest BCUT2D eigenvalue weighted by atomic mass is 35.5. The lowest BCUT2D eigenvalue weighted by molar-refractivity contribution is 1.10. The van der Waals surface area contributed by atoms with Gasteiger partial charge in [0.15, 0.2) is 0 Å². The van der Waals surface area contributed by atoms with E-state index < -0.39 is 0 Å². The number of aryl methyl sites for hydroxylation is 1. The Morgan fingerprint density at radius 1 is 1.52 bits per heavy atom. The molecule has 6 heteroatoms. The fourth-order valence-corrected chi connectivity index (χ4v) is 5.48. The van der Waals surface area contributed by atoms with Crippen LogP contribution < -0.4 is 0 Å². The molecule has 0 N–H and O–H groups in total. The summed E-state index contributed by atoms with van der Waals surface area (Å²) in [5, 5.41) is 10.5. The predicted molar refractivity (Wildman–Crippen MR) is 90.0 cm³/mol. The molecule has 106 valence electrons. The minimum Gasteiger partial charge on any atom is -0.296 e. The SMILES string of the molecule is Cc1ccc(C2CSC(=C(C#N)n3ccnc3)S2)c(Cl)c1. The van der Waals surface area contributed by atoms with Crippen molar-refractivity contribution in [2.24, 2.45) is 0 Å². The van der Waals surface area contributed by atoms with Crippen molar-refractivity contribution in [1.82, 2.24) is 9.55 Å². The zero-order valence-corrected chi connectivity index (χ0v) is 13.7. The Morgan fingerprint density at radius 3 is 3.05 bits per heavy atom. The summed E-state index contributed by atoms with van der Waals surface area (Å²) in [5.74, 6) is 0.919. The highest BCUT2D eigenvalue weighted by Crippen LogP contribution is 2.53. The van der Waals surface area contributed by atoms with Crippen molar-refractivity contribution >= 4 is 40.8 Å². The number of allylic oxidation sites excluding steroid dienone is 1. The van der Waals surface area contributed by atoms with Crippen LogP contribution in [0.4, 0.5) is 0 Å². The second kappa shape index (κ2) is 6.18. The van der Waals surface area contributed by atoms with Gasteiger partial charge in [-0.25, -0.2) is 4.98 Å². The standard InChI is InChI=1S/C15H12ClN3S2/c1-10-2-3-11(12(16)6-10)14-8-20-15(21-14)13(7-17)19-5-4-18-9-19/h2-6,9,14H,8H2,1H3. The van der Waals surface area contributed by atoms with E-state index in [4.69, 9.17) is 11.6 Å². The zero-order chi connectivity index (χ0) is 14.8. The molecule has 0 radical (unpaired) electrons. The molecular formula is C15H12ClN3S2. The van der Waals surface area contributed by atoms with Gasteiger partial charge >= 0.3 is 0 Å². The van der Waals surface area contributed by atoms with Gasteiger partial charge in [-0.05, 0) is 24.1 Å².